The van der Waals surface area contributed by atoms with Crippen molar-refractivity contribution in [1.82, 2.24) is 5.32 Å². The van der Waals surface area contributed by atoms with Gasteiger partial charge in [-0.2, -0.15) is 0 Å². The molecule has 94 valence electrons. The van der Waals surface area contributed by atoms with Crippen LogP contribution in [0.2, 0.25) is 0 Å². The third kappa shape index (κ3) is 8.05. The van der Waals surface area contributed by atoms with Crippen LogP contribution >= 0.6 is 0 Å². The summed E-state index contributed by atoms with van der Waals surface area (Å²) in [4.78, 5) is 21.8. The Morgan fingerprint density at radius 2 is 1.94 bits per heavy atom. The number of carbonyl (C=O) groups is 2. The van der Waals surface area contributed by atoms with Crippen LogP contribution in [0.4, 0.5) is 4.79 Å². The zero-order chi connectivity index (χ0) is 12.8. The summed E-state index contributed by atoms with van der Waals surface area (Å²) in [5.41, 5.74) is -0.628. The third-order valence-electron chi connectivity index (χ3n) is 1.62. The monoisotopic (exact) mass is 233 g/mol. The second-order valence-electron chi connectivity index (χ2n) is 4.45. The number of nitrogens with one attached hydrogen (secondary N) is 1. The number of hydrogen-bond donors (Lipinski definition) is 3. The molecule has 0 bridgehead atoms. The van der Waals surface area contributed by atoms with E-state index in [2.05, 4.69) is 5.32 Å². The number of rotatable bonds is 5. The van der Waals surface area contributed by atoms with Crippen LogP contribution in [-0.2, 0) is 9.53 Å². The summed E-state index contributed by atoms with van der Waals surface area (Å²) >= 11 is 0. The van der Waals surface area contributed by atoms with Crippen molar-refractivity contribution in [2.75, 3.05) is 6.61 Å². The maximum Gasteiger partial charge on any atom is 0.407 e. The zero-order valence-corrected chi connectivity index (χ0v) is 9.82. The van der Waals surface area contributed by atoms with Gasteiger partial charge in [-0.1, -0.05) is 0 Å². The van der Waals surface area contributed by atoms with Crippen molar-refractivity contribution in [1.29, 1.82) is 0 Å². The van der Waals surface area contributed by atoms with Gasteiger partial charge in [-0.05, 0) is 27.2 Å². The van der Waals surface area contributed by atoms with Crippen LogP contribution in [0, 0.1) is 0 Å². The van der Waals surface area contributed by atoms with Crippen molar-refractivity contribution in [3.05, 3.63) is 0 Å². The first-order valence-corrected chi connectivity index (χ1v) is 5.07. The zero-order valence-electron chi connectivity index (χ0n) is 9.82. The standard InChI is InChI=1S/C10H19NO5/c1-10(2,3)16-9(15)11-7(4-5-12)6-8(13)14/h7,12H,4-6H2,1-3H3,(H,11,15)(H,13,14)/t7-/m1/s1. The van der Waals surface area contributed by atoms with Gasteiger partial charge in [0.25, 0.3) is 0 Å². The van der Waals surface area contributed by atoms with Crippen LogP contribution in [0.3, 0.4) is 0 Å². The van der Waals surface area contributed by atoms with E-state index in [0.29, 0.717) is 0 Å². The van der Waals surface area contributed by atoms with Gasteiger partial charge in [0.1, 0.15) is 5.60 Å². The van der Waals surface area contributed by atoms with Crippen molar-refractivity contribution >= 4 is 12.1 Å². The molecule has 3 N–H and O–H groups in total. The van der Waals surface area contributed by atoms with Crippen molar-refractivity contribution in [2.24, 2.45) is 0 Å². The summed E-state index contributed by atoms with van der Waals surface area (Å²) in [5.74, 6) is -1.03. The summed E-state index contributed by atoms with van der Waals surface area (Å²) in [6.07, 6.45) is -0.724. The molecule has 0 unspecified atom stereocenters. The van der Waals surface area contributed by atoms with Crippen molar-refractivity contribution in [3.63, 3.8) is 0 Å². The first kappa shape index (κ1) is 14.7. The van der Waals surface area contributed by atoms with Gasteiger partial charge in [-0.3, -0.25) is 4.79 Å². The molecule has 6 nitrogen and oxygen atoms in total. The highest BCUT2D eigenvalue weighted by atomic mass is 16.6. The maximum absolute atomic E-state index is 11.3. The molecule has 0 aromatic carbocycles. The van der Waals surface area contributed by atoms with E-state index in [9.17, 15) is 9.59 Å². The molecule has 0 heterocycles. The van der Waals surface area contributed by atoms with Gasteiger partial charge >= 0.3 is 12.1 Å². The summed E-state index contributed by atoms with van der Waals surface area (Å²) < 4.78 is 4.97. The van der Waals surface area contributed by atoms with E-state index in [1.165, 1.54) is 0 Å². The molecule has 0 aromatic rings. The van der Waals surface area contributed by atoms with E-state index in [1.54, 1.807) is 20.8 Å². The smallest absolute Gasteiger partial charge is 0.407 e. The van der Waals surface area contributed by atoms with Gasteiger partial charge in [0.05, 0.1) is 6.42 Å². The Labute approximate surface area is 94.6 Å². The van der Waals surface area contributed by atoms with E-state index < -0.39 is 23.7 Å². The minimum Gasteiger partial charge on any atom is -0.481 e. The van der Waals surface area contributed by atoms with Crippen LogP contribution in [0.1, 0.15) is 33.6 Å². The summed E-state index contributed by atoms with van der Waals surface area (Å²) in [6, 6.07) is -0.614. The highest BCUT2D eigenvalue weighted by Crippen LogP contribution is 2.07. The molecular formula is C10H19NO5. The van der Waals surface area contributed by atoms with Crippen molar-refractivity contribution in [3.8, 4) is 0 Å². The summed E-state index contributed by atoms with van der Waals surface area (Å²) in [7, 11) is 0. The molecule has 0 saturated carbocycles. The Kier molecular flexibility index (Phi) is 5.81. The van der Waals surface area contributed by atoms with Gasteiger partial charge in [0.2, 0.25) is 0 Å². The second kappa shape index (κ2) is 6.32. The SMILES string of the molecule is CC(C)(C)OC(=O)N[C@H](CCO)CC(=O)O. The highest BCUT2D eigenvalue weighted by molar-refractivity contribution is 5.71. The topological polar surface area (TPSA) is 95.9 Å². The number of aliphatic hydroxyl groups excluding tert-OH is 1. The van der Waals surface area contributed by atoms with E-state index >= 15 is 0 Å². The highest BCUT2D eigenvalue weighted by Gasteiger charge is 2.20. The molecule has 0 fully saturated rings. The number of hydrogen-bond acceptors (Lipinski definition) is 4. The summed E-state index contributed by atoms with van der Waals surface area (Å²) in [6.45, 7) is 4.95. The van der Waals surface area contributed by atoms with E-state index in [4.69, 9.17) is 14.9 Å². The molecule has 16 heavy (non-hydrogen) atoms. The molecule has 0 aromatic heterocycles. The fourth-order valence-electron chi connectivity index (χ4n) is 1.07. The Hall–Kier alpha value is -1.30. The Bertz CT molecular complexity index is 246. The molecule has 0 saturated heterocycles. The van der Waals surface area contributed by atoms with Crippen LogP contribution in [0.15, 0.2) is 0 Å². The second-order valence-corrected chi connectivity index (χ2v) is 4.45. The predicted octanol–water partition coefficient (Wildman–Crippen LogP) is 0.737. The van der Waals surface area contributed by atoms with Gasteiger partial charge in [-0.15, -0.1) is 0 Å². The average molecular weight is 233 g/mol. The fourth-order valence-corrected chi connectivity index (χ4v) is 1.07. The molecule has 0 radical (unpaired) electrons. The van der Waals surface area contributed by atoms with Gasteiger partial charge < -0.3 is 20.3 Å². The average Bonchev–Trinajstić information content (AvgIpc) is 1.98. The molecule has 0 rings (SSSR count). The molecule has 0 aliphatic carbocycles. The largest absolute Gasteiger partial charge is 0.481 e. The third-order valence-corrected chi connectivity index (χ3v) is 1.62. The van der Waals surface area contributed by atoms with Crippen LogP contribution in [0.5, 0.6) is 0 Å². The summed E-state index contributed by atoms with van der Waals surface area (Å²) in [5, 5.41) is 19.7. The van der Waals surface area contributed by atoms with Crippen molar-refractivity contribution in [2.45, 2.75) is 45.3 Å². The van der Waals surface area contributed by atoms with Crippen LogP contribution < -0.4 is 5.32 Å². The number of carbonyl (C=O) groups excluding carboxylic acids is 1. The van der Waals surface area contributed by atoms with E-state index in [-0.39, 0.29) is 19.4 Å². The number of alkyl carbamates (subject to hydrolysis) is 1. The first-order valence-electron chi connectivity index (χ1n) is 5.07. The van der Waals surface area contributed by atoms with Gasteiger partial charge in [0, 0.05) is 12.6 Å². The minimum absolute atomic E-state index is 0.186. The first-order chi connectivity index (χ1) is 7.24. The quantitative estimate of drug-likeness (QED) is 0.650. The lowest BCUT2D eigenvalue weighted by Gasteiger charge is -2.22. The molecule has 1 atom stereocenters. The minimum atomic E-state index is -1.03. The number of carboxylic acids is 1. The van der Waals surface area contributed by atoms with E-state index in [0.717, 1.165) is 0 Å². The molecule has 0 aliphatic rings. The van der Waals surface area contributed by atoms with Gasteiger partial charge in [0.15, 0.2) is 0 Å². The molecule has 0 aliphatic heterocycles. The van der Waals surface area contributed by atoms with Gasteiger partial charge in [-0.25, -0.2) is 4.79 Å². The lowest BCUT2D eigenvalue weighted by molar-refractivity contribution is -0.137. The lowest BCUT2D eigenvalue weighted by Crippen LogP contribution is -2.40. The molecule has 1 amide bonds. The number of aliphatic carboxylic acids is 1. The fraction of sp³-hybridized carbons (Fsp3) is 0.800. The van der Waals surface area contributed by atoms with Crippen LogP contribution in [-0.4, -0.2) is 40.5 Å². The normalized spacial score (nSPS) is 13.0. The lowest BCUT2D eigenvalue weighted by atomic mass is 10.1. The number of aliphatic hydroxyl groups is 1. The number of carboxylic acid groups (broad SMARTS) is 1. The maximum atomic E-state index is 11.3. The van der Waals surface area contributed by atoms with Crippen LogP contribution in [0.25, 0.3) is 0 Å². The Morgan fingerprint density at radius 3 is 2.31 bits per heavy atom. The predicted molar refractivity (Wildman–Crippen MR) is 57.1 cm³/mol. The molecular weight excluding hydrogens is 214 g/mol. The molecule has 0 spiro atoms. The Balaban J connectivity index is 4.17. The molecule has 6 heteroatoms. The Morgan fingerprint density at radius 1 is 1.38 bits per heavy atom. The van der Waals surface area contributed by atoms with E-state index in [1.807, 2.05) is 0 Å². The van der Waals surface area contributed by atoms with Crippen molar-refractivity contribution < 1.29 is 24.5 Å². The number of amides is 1. The number of ether oxygens (including phenoxy) is 1.